The third kappa shape index (κ3) is 1.87. The van der Waals surface area contributed by atoms with Crippen LogP contribution in [0.3, 0.4) is 0 Å². The molecule has 3 aliphatic carbocycles. The number of anilines is 1. The predicted octanol–water partition coefficient (Wildman–Crippen LogP) is 2.49. The van der Waals surface area contributed by atoms with Crippen molar-refractivity contribution in [3.8, 4) is 0 Å². The van der Waals surface area contributed by atoms with Gasteiger partial charge in [-0.15, -0.1) is 0 Å². The average Bonchev–Trinajstić information content (AvgIpc) is 3.12. The third-order valence-corrected chi connectivity index (χ3v) is 5.65. The summed E-state index contributed by atoms with van der Waals surface area (Å²) in [5.41, 5.74) is 10.0. The van der Waals surface area contributed by atoms with E-state index < -0.39 is 0 Å². The zero-order valence-electron chi connectivity index (χ0n) is 11.8. The zero-order chi connectivity index (χ0) is 13.7. The van der Waals surface area contributed by atoms with Crippen LogP contribution in [0.5, 0.6) is 0 Å². The van der Waals surface area contributed by atoms with E-state index in [-0.39, 0.29) is 17.9 Å². The van der Waals surface area contributed by atoms with Crippen LogP contribution in [-0.4, -0.2) is 11.9 Å². The quantitative estimate of drug-likeness (QED) is 0.867. The molecule has 2 bridgehead atoms. The maximum Gasteiger partial charge on any atom is 0.229 e. The van der Waals surface area contributed by atoms with Crippen LogP contribution in [-0.2, 0) is 17.6 Å². The summed E-state index contributed by atoms with van der Waals surface area (Å²) in [4.78, 5) is 12.5. The van der Waals surface area contributed by atoms with Gasteiger partial charge in [-0.1, -0.05) is 6.07 Å². The molecule has 1 aromatic carbocycles. The first-order chi connectivity index (χ1) is 9.72. The van der Waals surface area contributed by atoms with Crippen LogP contribution in [0.1, 0.15) is 36.8 Å². The van der Waals surface area contributed by atoms with E-state index in [1.54, 1.807) is 0 Å². The molecule has 20 heavy (non-hydrogen) atoms. The second kappa shape index (κ2) is 4.59. The van der Waals surface area contributed by atoms with E-state index in [9.17, 15) is 4.79 Å². The molecule has 106 valence electrons. The fraction of sp³-hybridized carbons (Fsp3) is 0.588. The minimum absolute atomic E-state index is 0.0296. The lowest BCUT2D eigenvalue weighted by atomic mass is 9.84. The highest BCUT2D eigenvalue weighted by atomic mass is 16.2. The number of carbonyl (C=O) groups is 1. The van der Waals surface area contributed by atoms with Crippen molar-refractivity contribution in [2.75, 3.05) is 5.32 Å². The number of carbonyl (C=O) groups excluding carboxylic acids is 1. The van der Waals surface area contributed by atoms with Gasteiger partial charge in [-0.25, -0.2) is 0 Å². The number of nitrogens with two attached hydrogens (primary N) is 1. The highest BCUT2D eigenvalue weighted by molar-refractivity contribution is 5.93. The molecular formula is C17H22N2O. The fourth-order valence-corrected chi connectivity index (χ4v) is 4.60. The first-order valence-electron chi connectivity index (χ1n) is 7.90. The van der Waals surface area contributed by atoms with Gasteiger partial charge in [0.05, 0.1) is 5.92 Å². The number of hydrogen-bond acceptors (Lipinski definition) is 2. The lowest BCUT2D eigenvalue weighted by molar-refractivity contribution is -0.121. The molecule has 4 rings (SSSR count). The fourth-order valence-electron chi connectivity index (χ4n) is 4.60. The zero-order valence-corrected chi connectivity index (χ0v) is 11.8. The van der Waals surface area contributed by atoms with E-state index >= 15 is 0 Å². The van der Waals surface area contributed by atoms with Crippen molar-refractivity contribution in [2.24, 2.45) is 23.5 Å². The number of fused-ring (bicyclic) bond motifs is 3. The van der Waals surface area contributed by atoms with Crippen molar-refractivity contribution in [2.45, 2.75) is 44.6 Å². The van der Waals surface area contributed by atoms with Crippen LogP contribution < -0.4 is 11.1 Å². The van der Waals surface area contributed by atoms with Gasteiger partial charge in [-0.05, 0) is 73.6 Å². The molecule has 1 amide bonds. The maximum absolute atomic E-state index is 12.5. The van der Waals surface area contributed by atoms with Crippen molar-refractivity contribution in [1.29, 1.82) is 0 Å². The summed E-state index contributed by atoms with van der Waals surface area (Å²) in [7, 11) is 0. The van der Waals surface area contributed by atoms with Crippen LogP contribution in [0.25, 0.3) is 0 Å². The SMILES string of the molecule is NC1C2CCC(C2)C1C(=O)Nc1ccc2c(c1)CCC2. The topological polar surface area (TPSA) is 55.1 Å². The number of benzene rings is 1. The predicted molar refractivity (Wildman–Crippen MR) is 79.4 cm³/mol. The Balaban J connectivity index is 1.50. The molecule has 0 saturated heterocycles. The van der Waals surface area contributed by atoms with E-state index in [0.29, 0.717) is 11.8 Å². The van der Waals surface area contributed by atoms with Gasteiger partial charge >= 0.3 is 0 Å². The maximum atomic E-state index is 12.5. The minimum Gasteiger partial charge on any atom is -0.327 e. The monoisotopic (exact) mass is 270 g/mol. The van der Waals surface area contributed by atoms with E-state index in [4.69, 9.17) is 5.73 Å². The lowest BCUT2D eigenvalue weighted by Gasteiger charge is -2.27. The van der Waals surface area contributed by atoms with Crippen LogP contribution >= 0.6 is 0 Å². The Morgan fingerprint density at radius 3 is 2.75 bits per heavy atom. The van der Waals surface area contributed by atoms with Crippen molar-refractivity contribution >= 4 is 11.6 Å². The minimum atomic E-state index is 0.0296. The summed E-state index contributed by atoms with van der Waals surface area (Å²) in [6, 6.07) is 6.43. The van der Waals surface area contributed by atoms with Gasteiger partial charge < -0.3 is 11.1 Å². The Morgan fingerprint density at radius 2 is 1.95 bits per heavy atom. The smallest absolute Gasteiger partial charge is 0.229 e. The van der Waals surface area contributed by atoms with Gasteiger partial charge in [0, 0.05) is 11.7 Å². The van der Waals surface area contributed by atoms with Crippen molar-refractivity contribution in [3.05, 3.63) is 29.3 Å². The van der Waals surface area contributed by atoms with Crippen LogP contribution in [0, 0.1) is 17.8 Å². The van der Waals surface area contributed by atoms with Gasteiger partial charge in [0.25, 0.3) is 0 Å². The number of aryl methyl sites for hydroxylation is 2. The third-order valence-electron chi connectivity index (χ3n) is 5.65. The summed E-state index contributed by atoms with van der Waals surface area (Å²) in [6.45, 7) is 0. The van der Waals surface area contributed by atoms with Gasteiger partial charge in [-0.2, -0.15) is 0 Å². The molecule has 3 heteroatoms. The molecular weight excluding hydrogens is 248 g/mol. The van der Waals surface area contributed by atoms with Gasteiger partial charge in [-0.3, -0.25) is 4.79 Å². The van der Waals surface area contributed by atoms with Crippen LogP contribution in [0.2, 0.25) is 0 Å². The normalized spacial score (nSPS) is 34.2. The van der Waals surface area contributed by atoms with E-state index in [1.165, 1.54) is 36.8 Å². The number of nitrogens with one attached hydrogen (secondary N) is 1. The average molecular weight is 270 g/mol. The van der Waals surface area contributed by atoms with Crippen LogP contribution in [0.15, 0.2) is 18.2 Å². The molecule has 3 N–H and O–H groups in total. The second-order valence-electron chi connectivity index (χ2n) is 6.76. The molecule has 4 unspecified atom stereocenters. The van der Waals surface area contributed by atoms with Crippen molar-refractivity contribution in [1.82, 2.24) is 0 Å². The first-order valence-corrected chi connectivity index (χ1v) is 7.90. The van der Waals surface area contributed by atoms with Crippen molar-refractivity contribution in [3.63, 3.8) is 0 Å². The molecule has 0 heterocycles. The van der Waals surface area contributed by atoms with Gasteiger partial charge in [0.1, 0.15) is 0 Å². The molecule has 0 aromatic heterocycles. The van der Waals surface area contributed by atoms with E-state index in [1.807, 2.05) is 6.07 Å². The standard InChI is InChI=1S/C17H22N2O/c18-16-13-5-4-12(8-13)15(16)17(20)19-14-7-6-10-2-1-3-11(10)9-14/h6-7,9,12-13,15-16H,1-5,8,18H2,(H,19,20). The first kappa shape index (κ1) is 12.4. The van der Waals surface area contributed by atoms with Crippen molar-refractivity contribution < 1.29 is 4.79 Å². The summed E-state index contributed by atoms with van der Waals surface area (Å²) in [6.07, 6.45) is 7.12. The summed E-state index contributed by atoms with van der Waals surface area (Å²) in [5.74, 6) is 1.27. The molecule has 2 saturated carbocycles. The van der Waals surface area contributed by atoms with Gasteiger partial charge in [0.2, 0.25) is 5.91 Å². The number of hydrogen-bond donors (Lipinski definition) is 2. The van der Waals surface area contributed by atoms with Gasteiger partial charge in [0.15, 0.2) is 0 Å². The highest BCUT2D eigenvalue weighted by Crippen LogP contribution is 2.47. The van der Waals surface area contributed by atoms with E-state index in [0.717, 1.165) is 18.5 Å². The molecule has 0 aliphatic heterocycles. The molecule has 1 aromatic rings. The molecule has 0 spiro atoms. The van der Waals surface area contributed by atoms with E-state index in [2.05, 4.69) is 17.4 Å². The Labute approximate surface area is 119 Å². The largest absolute Gasteiger partial charge is 0.327 e. The molecule has 2 fully saturated rings. The lowest BCUT2D eigenvalue weighted by Crippen LogP contribution is -2.42. The number of rotatable bonds is 2. The Bertz CT molecular complexity index is 552. The highest BCUT2D eigenvalue weighted by Gasteiger charge is 2.49. The second-order valence-corrected chi connectivity index (χ2v) is 6.76. The Morgan fingerprint density at radius 1 is 1.15 bits per heavy atom. The summed E-state index contributed by atoms with van der Waals surface area (Å²) < 4.78 is 0. The summed E-state index contributed by atoms with van der Waals surface area (Å²) in [5, 5.41) is 3.11. The molecule has 3 aliphatic rings. The number of amides is 1. The molecule has 4 atom stereocenters. The Hall–Kier alpha value is -1.35. The van der Waals surface area contributed by atoms with Crippen LogP contribution in [0.4, 0.5) is 5.69 Å². The summed E-state index contributed by atoms with van der Waals surface area (Å²) >= 11 is 0. The molecule has 0 radical (unpaired) electrons. The molecule has 3 nitrogen and oxygen atoms in total. The Kier molecular flexibility index (Phi) is 2.84.